The van der Waals surface area contributed by atoms with Crippen molar-refractivity contribution in [1.82, 2.24) is 24.1 Å². The SMILES string of the molecule is CC1(C)c2ccccc2-c2c1c1c3c4cc(-c5ccccc5)ccc4n(-c4ccc(-c5cccc(-c6nc(-c7ccccc7)nc(-c7ccccc7)n6)c5)cc4)c3ccc1n2-c1ccccc1. The standard InChI is InChI=1S/C62H43N5/c1-62(2)51-29-16-15-28-49(51)58-57(62)56-54(67(58)47-26-13-6-14-27-47)37-36-53-55(56)50-39-45(40-18-7-3-8-19-40)32-35-52(50)66(53)48-33-30-41(31-34-48)44-24-17-25-46(38-44)61-64-59(42-20-9-4-10-21-42)63-60(65-61)43-22-11-5-12-23-43/h3-39H,1-2H3. The van der Waals surface area contributed by atoms with Crippen molar-refractivity contribution in [3.05, 3.63) is 236 Å². The van der Waals surface area contributed by atoms with Gasteiger partial charge in [0.05, 0.1) is 22.2 Å². The fraction of sp³-hybridized carbons (Fsp3) is 0.0484. The molecule has 13 rings (SSSR count). The van der Waals surface area contributed by atoms with Crippen LogP contribution in [-0.2, 0) is 5.41 Å². The molecule has 0 saturated carbocycles. The van der Waals surface area contributed by atoms with Crippen LogP contribution in [0.5, 0.6) is 0 Å². The van der Waals surface area contributed by atoms with Crippen LogP contribution in [0.1, 0.15) is 25.0 Å². The van der Waals surface area contributed by atoms with Gasteiger partial charge in [0.15, 0.2) is 17.5 Å². The zero-order chi connectivity index (χ0) is 44.6. The van der Waals surface area contributed by atoms with Gasteiger partial charge < -0.3 is 9.13 Å². The van der Waals surface area contributed by atoms with Gasteiger partial charge in [-0.25, -0.2) is 15.0 Å². The first-order valence-electron chi connectivity index (χ1n) is 22.9. The van der Waals surface area contributed by atoms with Crippen molar-refractivity contribution < 1.29 is 0 Å². The maximum atomic E-state index is 5.02. The molecule has 5 heteroatoms. The monoisotopic (exact) mass is 857 g/mol. The van der Waals surface area contributed by atoms with Gasteiger partial charge in [-0.2, -0.15) is 0 Å². The minimum absolute atomic E-state index is 0.229. The Hall–Kier alpha value is -8.67. The number of aromatic nitrogens is 5. The van der Waals surface area contributed by atoms with Crippen molar-refractivity contribution in [3.8, 4) is 79.0 Å². The molecular formula is C62H43N5. The van der Waals surface area contributed by atoms with E-state index in [0.29, 0.717) is 17.5 Å². The Kier molecular flexibility index (Phi) is 8.80. The number of nitrogens with zero attached hydrogens (tertiary/aromatic N) is 5. The smallest absolute Gasteiger partial charge is 0.164 e. The second-order valence-corrected chi connectivity index (χ2v) is 18.0. The molecule has 1 aliphatic carbocycles. The van der Waals surface area contributed by atoms with E-state index in [-0.39, 0.29) is 5.41 Å². The fourth-order valence-corrected chi connectivity index (χ4v) is 10.6. The molecule has 0 fully saturated rings. The van der Waals surface area contributed by atoms with Crippen LogP contribution in [0, 0.1) is 0 Å². The minimum atomic E-state index is -0.229. The lowest BCUT2D eigenvalue weighted by molar-refractivity contribution is 0.666. The van der Waals surface area contributed by atoms with Gasteiger partial charge in [-0.1, -0.05) is 184 Å². The summed E-state index contributed by atoms with van der Waals surface area (Å²) >= 11 is 0. The topological polar surface area (TPSA) is 48.5 Å². The number of para-hydroxylation sites is 1. The maximum absolute atomic E-state index is 5.02. The second-order valence-electron chi connectivity index (χ2n) is 18.0. The van der Waals surface area contributed by atoms with Crippen LogP contribution in [-0.4, -0.2) is 24.1 Å². The zero-order valence-electron chi connectivity index (χ0n) is 37.1. The van der Waals surface area contributed by atoms with Gasteiger partial charge in [-0.15, -0.1) is 0 Å². The average molecular weight is 858 g/mol. The van der Waals surface area contributed by atoms with E-state index in [1.54, 1.807) is 0 Å². The van der Waals surface area contributed by atoms with E-state index in [2.05, 4.69) is 187 Å². The summed E-state index contributed by atoms with van der Waals surface area (Å²) in [6, 6.07) is 80.1. The molecule has 9 aromatic carbocycles. The Balaban J connectivity index is 0.988. The van der Waals surface area contributed by atoms with Crippen LogP contribution in [0.4, 0.5) is 0 Å². The van der Waals surface area contributed by atoms with Crippen LogP contribution >= 0.6 is 0 Å². The highest BCUT2D eigenvalue weighted by Crippen LogP contribution is 2.56. The third-order valence-corrected chi connectivity index (χ3v) is 13.7. The molecule has 0 amide bonds. The van der Waals surface area contributed by atoms with Gasteiger partial charge in [0.25, 0.3) is 0 Å². The van der Waals surface area contributed by atoms with Gasteiger partial charge in [0.1, 0.15) is 0 Å². The highest BCUT2D eigenvalue weighted by atomic mass is 15.0. The van der Waals surface area contributed by atoms with Crippen LogP contribution in [0.25, 0.3) is 112 Å². The number of fused-ring (bicyclic) bond motifs is 9. The van der Waals surface area contributed by atoms with Gasteiger partial charge in [0, 0.05) is 55.2 Å². The number of hydrogen-bond donors (Lipinski definition) is 0. The van der Waals surface area contributed by atoms with E-state index in [1.165, 1.54) is 66.2 Å². The summed E-state index contributed by atoms with van der Waals surface area (Å²) in [5.41, 5.74) is 18.4. The molecule has 0 atom stereocenters. The Morgan fingerprint density at radius 2 is 0.806 bits per heavy atom. The van der Waals surface area contributed by atoms with E-state index < -0.39 is 0 Å². The third-order valence-electron chi connectivity index (χ3n) is 13.7. The van der Waals surface area contributed by atoms with Crippen LogP contribution < -0.4 is 0 Å². The van der Waals surface area contributed by atoms with Crippen molar-refractivity contribution in [1.29, 1.82) is 0 Å². The first-order valence-corrected chi connectivity index (χ1v) is 22.9. The number of rotatable bonds is 7. The molecule has 3 heterocycles. The maximum Gasteiger partial charge on any atom is 0.164 e. The van der Waals surface area contributed by atoms with E-state index in [1.807, 2.05) is 60.7 Å². The van der Waals surface area contributed by atoms with Crippen LogP contribution in [0.15, 0.2) is 224 Å². The Labute approximate surface area is 389 Å². The largest absolute Gasteiger partial charge is 0.309 e. The van der Waals surface area contributed by atoms with Crippen molar-refractivity contribution in [2.45, 2.75) is 19.3 Å². The van der Waals surface area contributed by atoms with Crippen molar-refractivity contribution in [2.24, 2.45) is 0 Å². The molecule has 0 saturated heterocycles. The summed E-state index contributed by atoms with van der Waals surface area (Å²) in [5.74, 6) is 1.93. The van der Waals surface area contributed by atoms with Gasteiger partial charge in [0.2, 0.25) is 0 Å². The van der Waals surface area contributed by atoms with E-state index >= 15 is 0 Å². The van der Waals surface area contributed by atoms with E-state index in [9.17, 15) is 0 Å². The molecule has 12 aromatic rings. The summed E-state index contributed by atoms with van der Waals surface area (Å²) in [6.45, 7) is 4.80. The number of benzene rings is 9. The molecule has 0 bridgehead atoms. The molecule has 1 aliphatic rings. The molecule has 0 aliphatic heterocycles. The Morgan fingerprint density at radius 1 is 0.343 bits per heavy atom. The molecular weight excluding hydrogens is 815 g/mol. The van der Waals surface area contributed by atoms with Gasteiger partial charge >= 0.3 is 0 Å². The Bertz CT molecular complexity index is 3790. The summed E-state index contributed by atoms with van der Waals surface area (Å²) in [4.78, 5) is 15.0. The quantitative estimate of drug-likeness (QED) is 0.160. The summed E-state index contributed by atoms with van der Waals surface area (Å²) in [5, 5.41) is 3.82. The first-order chi connectivity index (χ1) is 33.0. The molecule has 5 nitrogen and oxygen atoms in total. The molecule has 316 valence electrons. The molecule has 0 unspecified atom stereocenters. The van der Waals surface area contributed by atoms with Gasteiger partial charge in [-0.3, -0.25) is 0 Å². The van der Waals surface area contributed by atoms with Gasteiger partial charge in [-0.05, 0) is 88.0 Å². The lowest BCUT2D eigenvalue weighted by Crippen LogP contribution is -2.14. The fourth-order valence-electron chi connectivity index (χ4n) is 10.6. The van der Waals surface area contributed by atoms with Crippen molar-refractivity contribution in [3.63, 3.8) is 0 Å². The first kappa shape index (κ1) is 38.8. The second kappa shape index (κ2) is 15.2. The van der Waals surface area contributed by atoms with E-state index in [4.69, 9.17) is 15.0 Å². The summed E-state index contributed by atoms with van der Waals surface area (Å²) < 4.78 is 4.97. The predicted octanol–water partition coefficient (Wildman–Crippen LogP) is 15.6. The predicted molar refractivity (Wildman–Crippen MR) is 276 cm³/mol. The molecule has 3 aromatic heterocycles. The normalized spacial score (nSPS) is 12.7. The van der Waals surface area contributed by atoms with Crippen LogP contribution in [0.2, 0.25) is 0 Å². The highest BCUT2D eigenvalue weighted by Gasteiger charge is 2.41. The highest BCUT2D eigenvalue weighted by molar-refractivity contribution is 6.24. The van der Waals surface area contributed by atoms with Crippen molar-refractivity contribution >= 4 is 32.7 Å². The summed E-state index contributed by atoms with van der Waals surface area (Å²) in [7, 11) is 0. The summed E-state index contributed by atoms with van der Waals surface area (Å²) in [6.07, 6.45) is 0. The molecule has 0 radical (unpaired) electrons. The molecule has 0 spiro atoms. The van der Waals surface area contributed by atoms with Crippen molar-refractivity contribution in [2.75, 3.05) is 0 Å². The minimum Gasteiger partial charge on any atom is -0.309 e. The lowest BCUT2D eigenvalue weighted by Gasteiger charge is -2.21. The average Bonchev–Trinajstić information content (AvgIpc) is 4.01. The van der Waals surface area contributed by atoms with E-state index in [0.717, 1.165) is 39.2 Å². The third kappa shape index (κ3) is 6.19. The van der Waals surface area contributed by atoms with Crippen LogP contribution in [0.3, 0.4) is 0 Å². The lowest BCUT2D eigenvalue weighted by atomic mass is 9.81. The zero-order valence-corrected chi connectivity index (χ0v) is 37.1. The molecule has 67 heavy (non-hydrogen) atoms. The Morgan fingerprint density at radius 3 is 1.46 bits per heavy atom. The molecule has 0 N–H and O–H groups in total. The number of hydrogen-bond acceptors (Lipinski definition) is 3.